The van der Waals surface area contributed by atoms with E-state index < -0.39 is 0 Å². The Hall–Kier alpha value is -1.55. The van der Waals surface area contributed by atoms with Crippen LogP contribution in [0.25, 0.3) is 0 Å². The quantitative estimate of drug-likeness (QED) is 0.756. The van der Waals surface area contributed by atoms with Gasteiger partial charge in [-0.15, -0.1) is 0 Å². The first kappa shape index (κ1) is 14.9. The third-order valence-corrected chi connectivity index (χ3v) is 4.20. The summed E-state index contributed by atoms with van der Waals surface area (Å²) in [6.07, 6.45) is 0. The second-order valence-electron chi connectivity index (χ2n) is 4.52. The topological polar surface area (TPSA) is 18.5 Å². The molecule has 0 N–H and O–H groups in total. The first-order valence-corrected chi connectivity index (χ1v) is 7.10. The Morgan fingerprint density at radius 3 is 2.05 bits per heavy atom. The molecule has 0 heterocycles. The van der Waals surface area contributed by atoms with Crippen molar-refractivity contribution in [2.24, 2.45) is 0 Å². The van der Waals surface area contributed by atoms with Crippen molar-refractivity contribution in [1.82, 2.24) is 0 Å². The molecule has 0 fully saturated rings. The molecule has 2 aromatic rings. The van der Waals surface area contributed by atoms with Crippen LogP contribution in [0, 0.1) is 12.7 Å². The van der Waals surface area contributed by atoms with E-state index in [9.17, 15) is 4.39 Å². The summed E-state index contributed by atoms with van der Waals surface area (Å²) in [7, 11) is 3.23. The molecule has 0 radical (unpaired) electrons. The van der Waals surface area contributed by atoms with E-state index >= 15 is 0 Å². The van der Waals surface area contributed by atoms with Crippen molar-refractivity contribution in [2.45, 2.75) is 11.8 Å². The molecule has 2 nitrogen and oxygen atoms in total. The molecule has 0 aliphatic carbocycles. The number of benzene rings is 2. The van der Waals surface area contributed by atoms with Crippen LogP contribution in [0.1, 0.15) is 21.5 Å². The Labute approximate surface area is 126 Å². The molecule has 2 rings (SSSR count). The van der Waals surface area contributed by atoms with Gasteiger partial charge in [-0.1, -0.05) is 28.1 Å². The average Bonchev–Trinajstić information content (AvgIpc) is 2.48. The van der Waals surface area contributed by atoms with Gasteiger partial charge in [-0.05, 0) is 41.8 Å². The number of alkyl halides is 1. The average molecular weight is 339 g/mol. The minimum atomic E-state index is -0.198. The highest BCUT2D eigenvalue weighted by Gasteiger charge is 2.14. The third-order valence-electron chi connectivity index (χ3n) is 3.14. The lowest BCUT2D eigenvalue weighted by molar-refractivity contribution is 0.393. The summed E-state index contributed by atoms with van der Waals surface area (Å²) in [6.45, 7) is 1.75. The molecule has 106 valence electrons. The zero-order chi connectivity index (χ0) is 14.7. The second kappa shape index (κ2) is 6.27. The number of rotatable bonds is 4. The van der Waals surface area contributed by atoms with Gasteiger partial charge in [0.05, 0.1) is 19.0 Å². The maximum Gasteiger partial charge on any atom is 0.126 e. The Kier molecular flexibility index (Phi) is 4.65. The fraction of sp³-hybridized carbons (Fsp3) is 0.250. The number of hydrogen-bond acceptors (Lipinski definition) is 2. The molecular weight excluding hydrogens is 323 g/mol. The lowest BCUT2D eigenvalue weighted by Gasteiger charge is -2.14. The minimum Gasteiger partial charge on any atom is -0.497 e. The van der Waals surface area contributed by atoms with Crippen LogP contribution in [-0.4, -0.2) is 14.2 Å². The SMILES string of the molecule is COc1cc(OC)cc(C(Br)c2ccc(F)c(C)c2)c1. The van der Waals surface area contributed by atoms with Gasteiger partial charge in [0, 0.05) is 6.07 Å². The van der Waals surface area contributed by atoms with Crippen molar-refractivity contribution >= 4 is 15.9 Å². The van der Waals surface area contributed by atoms with Crippen LogP contribution in [0.15, 0.2) is 36.4 Å². The zero-order valence-corrected chi connectivity index (χ0v) is 13.2. The Morgan fingerprint density at radius 1 is 0.950 bits per heavy atom. The predicted molar refractivity (Wildman–Crippen MR) is 81.5 cm³/mol. The third kappa shape index (κ3) is 3.12. The van der Waals surface area contributed by atoms with Crippen LogP contribution < -0.4 is 9.47 Å². The number of halogens is 2. The van der Waals surface area contributed by atoms with E-state index in [0.29, 0.717) is 5.56 Å². The first-order chi connectivity index (χ1) is 9.55. The second-order valence-corrected chi connectivity index (χ2v) is 5.43. The molecule has 1 unspecified atom stereocenters. The highest BCUT2D eigenvalue weighted by Crippen LogP contribution is 2.35. The van der Waals surface area contributed by atoms with Crippen LogP contribution in [0.3, 0.4) is 0 Å². The van der Waals surface area contributed by atoms with E-state index in [1.807, 2.05) is 24.3 Å². The summed E-state index contributed by atoms with van der Waals surface area (Å²) >= 11 is 3.65. The highest BCUT2D eigenvalue weighted by molar-refractivity contribution is 9.09. The molecule has 0 bridgehead atoms. The summed E-state index contributed by atoms with van der Waals surface area (Å²) in [5.41, 5.74) is 2.60. The van der Waals surface area contributed by atoms with Gasteiger partial charge in [-0.3, -0.25) is 0 Å². The molecule has 0 amide bonds. The molecule has 20 heavy (non-hydrogen) atoms. The van der Waals surface area contributed by atoms with Crippen LogP contribution >= 0.6 is 15.9 Å². The molecule has 0 aliphatic rings. The first-order valence-electron chi connectivity index (χ1n) is 6.18. The largest absolute Gasteiger partial charge is 0.497 e. The van der Waals surface area contributed by atoms with Crippen LogP contribution in [0.5, 0.6) is 11.5 Å². The normalized spacial score (nSPS) is 12.1. The maximum atomic E-state index is 13.3. The van der Waals surface area contributed by atoms with Gasteiger partial charge in [0.25, 0.3) is 0 Å². The predicted octanol–water partition coefficient (Wildman–Crippen LogP) is 4.64. The standard InChI is InChI=1S/C16H16BrFO2/c1-10-6-11(4-5-15(10)18)16(17)12-7-13(19-2)9-14(8-12)20-3/h4-9,16H,1-3H3. The Balaban J connectivity index is 2.41. The molecule has 0 aliphatic heterocycles. The van der Waals surface area contributed by atoms with E-state index in [4.69, 9.17) is 9.47 Å². The van der Waals surface area contributed by atoms with Crippen LogP contribution in [-0.2, 0) is 0 Å². The van der Waals surface area contributed by atoms with E-state index in [1.54, 1.807) is 27.2 Å². The molecule has 2 aromatic carbocycles. The number of ether oxygens (including phenoxy) is 2. The van der Waals surface area contributed by atoms with Crippen LogP contribution in [0.4, 0.5) is 4.39 Å². The fourth-order valence-corrected chi connectivity index (χ4v) is 2.54. The van der Waals surface area contributed by atoms with Crippen molar-refractivity contribution in [1.29, 1.82) is 0 Å². The van der Waals surface area contributed by atoms with Gasteiger partial charge in [-0.2, -0.15) is 0 Å². The number of aryl methyl sites for hydroxylation is 1. The Morgan fingerprint density at radius 2 is 1.55 bits per heavy atom. The molecule has 1 atom stereocenters. The van der Waals surface area contributed by atoms with Crippen LogP contribution in [0.2, 0.25) is 0 Å². The van der Waals surface area contributed by atoms with Crippen molar-refractivity contribution < 1.29 is 13.9 Å². The lowest BCUT2D eigenvalue weighted by Crippen LogP contribution is -1.97. The van der Waals surface area contributed by atoms with Gasteiger partial charge in [-0.25, -0.2) is 4.39 Å². The van der Waals surface area contributed by atoms with E-state index in [2.05, 4.69) is 15.9 Å². The molecule has 4 heteroatoms. The zero-order valence-electron chi connectivity index (χ0n) is 11.6. The lowest BCUT2D eigenvalue weighted by atomic mass is 10.0. The van der Waals surface area contributed by atoms with Crippen molar-refractivity contribution in [3.8, 4) is 11.5 Å². The summed E-state index contributed by atoms with van der Waals surface area (Å²) in [4.78, 5) is -0.0502. The van der Waals surface area contributed by atoms with E-state index in [1.165, 1.54) is 6.07 Å². The molecule has 0 saturated heterocycles. The van der Waals surface area contributed by atoms with Crippen molar-refractivity contribution in [3.05, 3.63) is 58.9 Å². The molecule has 0 saturated carbocycles. The van der Waals surface area contributed by atoms with Gasteiger partial charge >= 0.3 is 0 Å². The monoisotopic (exact) mass is 338 g/mol. The van der Waals surface area contributed by atoms with E-state index in [-0.39, 0.29) is 10.6 Å². The summed E-state index contributed by atoms with van der Waals surface area (Å²) in [5.74, 6) is 1.25. The molecule has 0 spiro atoms. The van der Waals surface area contributed by atoms with Gasteiger partial charge in [0.1, 0.15) is 17.3 Å². The molecular formula is C16H16BrFO2. The smallest absolute Gasteiger partial charge is 0.126 e. The number of methoxy groups -OCH3 is 2. The van der Waals surface area contributed by atoms with Crippen molar-refractivity contribution in [2.75, 3.05) is 14.2 Å². The van der Waals surface area contributed by atoms with Gasteiger partial charge in [0.2, 0.25) is 0 Å². The summed E-state index contributed by atoms with van der Waals surface area (Å²) in [6, 6.07) is 10.8. The number of hydrogen-bond donors (Lipinski definition) is 0. The highest BCUT2D eigenvalue weighted by atomic mass is 79.9. The summed E-state index contributed by atoms with van der Waals surface area (Å²) < 4.78 is 23.9. The Bertz CT molecular complexity index is 591. The maximum absolute atomic E-state index is 13.3. The molecule has 0 aromatic heterocycles. The fourth-order valence-electron chi connectivity index (χ4n) is 1.99. The van der Waals surface area contributed by atoms with Crippen molar-refractivity contribution in [3.63, 3.8) is 0 Å². The van der Waals surface area contributed by atoms with E-state index in [0.717, 1.165) is 22.6 Å². The van der Waals surface area contributed by atoms with Gasteiger partial charge in [0.15, 0.2) is 0 Å². The summed E-state index contributed by atoms with van der Waals surface area (Å²) in [5, 5.41) is 0. The van der Waals surface area contributed by atoms with Gasteiger partial charge < -0.3 is 9.47 Å². The minimum absolute atomic E-state index is 0.0502.